The van der Waals surface area contributed by atoms with Crippen LogP contribution in [0.3, 0.4) is 0 Å². The van der Waals surface area contributed by atoms with E-state index in [0.717, 1.165) is 10.0 Å². The summed E-state index contributed by atoms with van der Waals surface area (Å²) < 4.78 is 14.9. The zero-order chi connectivity index (χ0) is 14.7. The van der Waals surface area contributed by atoms with Crippen molar-refractivity contribution < 1.29 is 9.50 Å². The third-order valence-corrected chi connectivity index (χ3v) is 4.00. The number of rotatable bonds is 4. The molecular weight excluding hydrogens is 345 g/mol. The predicted octanol–water partition coefficient (Wildman–Crippen LogP) is 4.02. The van der Waals surface area contributed by atoms with E-state index in [2.05, 4.69) is 15.9 Å². The van der Waals surface area contributed by atoms with E-state index in [0.29, 0.717) is 0 Å². The lowest BCUT2D eigenvalue weighted by atomic mass is 9.89. The van der Waals surface area contributed by atoms with E-state index in [-0.39, 0.29) is 17.1 Å². The summed E-state index contributed by atoms with van der Waals surface area (Å²) in [5, 5.41) is 10.4. The summed E-state index contributed by atoms with van der Waals surface area (Å²) in [4.78, 5) is 0. The van der Waals surface area contributed by atoms with Gasteiger partial charge in [0.05, 0.1) is 11.1 Å². The molecule has 0 fully saturated rings. The Bertz CT molecular complexity index is 608. The molecule has 0 aliphatic heterocycles. The van der Waals surface area contributed by atoms with Crippen LogP contribution in [0.2, 0.25) is 5.02 Å². The van der Waals surface area contributed by atoms with Crippen LogP contribution in [-0.4, -0.2) is 11.7 Å². The van der Waals surface area contributed by atoms with Crippen molar-refractivity contribution in [2.75, 3.05) is 6.54 Å². The van der Waals surface area contributed by atoms with Crippen LogP contribution in [0.15, 0.2) is 46.9 Å². The van der Waals surface area contributed by atoms with Gasteiger partial charge in [-0.05, 0) is 23.8 Å². The van der Waals surface area contributed by atoms with Crippen LogP contribution < -0.4 is 5.73 Å². The molecule has 2 rings (SSSR count). The molecule has 3 N–H and O–H groups in total. The van der Waals surface area contributed by atoms with Gasteiger partial charge in [0.2, 0.25) is 0 Å². The van der Waals surface area contributed by atoms with Gasteiger partial charge in [-0.3, -0.25) is 0 Å². The highest BCUT2D eigenvalue weighted by Gasteiger charge is 2.25. The van der Waals surface area contributed by atoms with Crippen LogP contribution in [0, 0.1) is 5.82 Å². The first-order valence-corrected chi connectivity index (χ1v) is 7.29. The Morgan fingerprint density at radius 3 is 2.60 bits per heavy atom. The van der Waals surface area contributed by atoms with Crippen molar-refractivity contribution in [3.8, 4) is 0 Å². The third kappa shape index (κ3) is 3.20. The average molecular weight is 359 g/mol. The maximum atomic E-state index is 14.0. The number of nitrogens with two attached hydrogens (primary N) is 1. The van der Waals surface area contributed by atoms with Gasteiger partial charge in [0.15, 0.2) is 0 Å². The SMILES string of the molecule is NCC(c1cccc(Br)c1)C(O)c1cccc(Cl)c1F. The Morgan fingerprint density at radius 1 is 1.25 bits per heavy atom. The van der Waals surface area contributed by atoms with Crippen LogP contribution >= 0.6 is 27.5 Å². The number of hydrogen-bond acceptors (Lipinski definition) is 2. The van der Waals surface area contributed by atoms with Crippen molar-refractivity contribution in [2.24, 2.45) is 5.73 Å². The molecule has 2 atom stereocenters. The highest BCUT2D eigenvalue weighted by molar-refractivity contribution is 9.10. The van der Waals surface area contributed by atoms with Crippen LogP contribution in [0.25, 0.3) is 0 Å². The quantitative estimate of drug-likeness (QED) is 0.867. The van der Waals surface area contributed by atoms with Crippen molar-refractivity contribution in [1.29, 1.82) is 0 Å². The van der Waals surface area contributed by atoms with Gasteiger partial charge >= 0.3 is 0 Å². The number of aliphatic hydroxyl groups is 1. The van der Waals surface area contributed by atoms with Crippen LogP contribution in [0.5, 0.6) is 0 Å². The summed E-state index contributed by atoms with van der Waals surface area (Å²) in [5.74, 6) is -1.00. The zero-order valence-corrected chi connectivity index (χ0v) is 12.9. The second-order valence-corrected chi connectivity index (χ2v) is 5.81. The van der Waals surface area contributed by atoms with Crippen molar-refractivity contribution in [1.82, 2.24) is 0 Å². The predicted molar refractivity (Wildman–Crippen MR) is 82.3 cm³/mol. The Balaban J connectivity index is 2.39. The summed E-state index contributed by atoms with van der Waals surface area (Å²) in [6.45, 7) is 0.198. The van der Waals surface area contributed by atoms with Gasteiger partial charge in [-0.25, -0.2) is 4.39 Å². The highest BCUT2D eigenvalue weighted by Crippen LogP contribution is 2.34. The first-order chi connectivity index (χ1) is 9.54. The number of hydrogen-bond donors (Lipinski definition) is 2. The lowest BCUT2D eigenvalue weighted by molar-refractivity contribution is 0.143. The Labute approximate surface area is 130 Å². The topological polar surface area (TPSA) is 46.2 Å². The van der Waals surface area contributed by atoms with Gasteiger partial charge in [0.1, 0.15) is 5.82 Å². The van der Waals surface area contributed by atoms with Crippen LogP contribution in [-0.2, 0) is 0 Å². The maximum Gasteiger partial charge on any atom is 0.147 e. The van der Waals surface area contributed by atoms with Crippen molar-refractivity contribution >= 4 is 27.5 Å². The molecule has 0 spiro atoms. The molecule has 0 aliphatic carbocycles. The molecule has 0 saturated carbocycles. The van der Waals surface area contributed by atoms with Gasteiger partial charge < -0.3 is 10.8 Å². The first-order valence-electron chi connectivity index (χ1n) is 6.12. The molecule has 0 aromatic heterocycles. The fraction of sp³-hybridized carbons (Fsp3) is 0.200. The Kier molecular flexibility index (Phi) is 5.16. The summed E-state index contributed by atoms with van der Waals surface area (Å²) in [6, 6.07) is 12.0. The molecule has 0 heterocycles. The van der Waals surface area contributed by atoms with E-state index >= 15 is 0 Å². The summed E-state index contributed by atoms with van der Waals surface area (Å²) >= 11 is 9.13. The second-order valence-electron chi connectivity index (χ2n) is 4.49. The molecule has 0 saturated heterocycles. The van der Waals surface area contributed by atoms with Gasteiger partial charge in [0.25, 0.3) is 0 Å². The molecule has 2 aromatic carbocycles. The van der Waals surface area contributed by atoms with E-state index in [4.69, 9.17) is 17.3 Å². The molecule has 0 aliphatic rings. The summed E-state index contributed by atoms with van der Waals surface area (Å²) in [6.07, 6.45) is -1.05. The number of benzene rings is 2. The van der Waals surface area contributed by atoms with Crippen molar-refractivity contribution in [3.63, 3.8) is 0 Å². The summed E-state index contributed by atoms with van der Waals surface area (Å²) in [5.41, 5.74) is 6.75. The monoisotopic (exact) mass is 357 g/mol. The van der Waals surface area contributed by atoms with Gasteiger partial charge in [-0.1, -0.05) is 51.8 Å². The highest BCUT2D eigenvalue weighted by atomic mass is 79.9. The number of halogens is 3. The van der Waals surface area contributed by atoms with Gasteiger partial charge in [0, 0.05) is 22.5 Å². The van der Waals surface area contributed by atoms with Crippen molar-refractivity contribution in [2.45, 2.75) is 12.0 Å². The molecular formula is C15H14BrClFNO. The molecule has 2 unspecified atom stereocenters. The lowest BCUT2D eigenvalue weighted by Crippen LogP contribution is -2.21. The smallest absolute Gasteiger partial charge is 0.147 e. The number of aliphatic hydroxyl groups excluding tert-OH is 1. The van der Waals surface area contributed by atoms with E-state index in [1.165, 1.54) is 12.1 Å². The molecule has 0 bridgehead atoms. The minimum atomic E-state index is -1.05. The Morgan fingerprint density at radius 2 is 1.95 bits per heavy atom. The van der Waals surface area contributed by atoms with E-state index < -0.39 is 17.8 Å². The van der Waals surface area contributed by atoms with E-state index in [1.54, 1.807) is 6.07 Å². The molecule has 0 radical (unpaired) electrons. The molecule has 20 heavy (non-hydrogen) atoms. The largest absolute Gasteiger partial charge is 0.388 e. The average Bonchev–Trinajstić information content (AvgIpc) is 2.42. The molecule has 5 heteroatoms. The molecule has 106 valence electrons. The fourth-order valence-corrected chi connectivity index (χ4v) is 2.75. The van der Waals surface area contributed by atoms with Crippen LogP contribution in [0.1, 0.15) is 23.1 Å². The van der Waals surface area contributed by atoms with Gasteiger partial charge in [-0.15, -0.1) is 0 Å². The zero-order valence-electron chi connectivity index (χ0n) is 10.6. The Hall–Kier alpha value is -0.940. The molecule has 0 amide bonds. The summed E-state index contributed by atoms with van der Waals surface area (Å²) in [7, 11) is 0. The normalized spacial score (nSPS) is 14.1. The fourth-order valence-electron chi connectivity index (χ4n) is 2.15. The second kappa shape index (κ2) is 6.68. The molecule has 2 aromatic rings. The first kappa shape index (κ1) is 15.4. The van der Waals surface area contributed by atoms with Gasteiger partial charge in [-0.2, -0.15) is 0 Å². The van der Waals surface area contributed by atoms with Crippen LogP contribution in [0.4, 0.5) is 4.39 Å². The van der Waals surface area contributed by atoms with Crippen molar-refractivity contribution in [3.05, 3.63) is 68.9 Å². The third-order valence-electron chi connectivity index (χ3n) is 3.21. The lowest BCUT2D eigenvalue weighted by Gasteiger charge is -2.23. The standard InChI is InChI=1S/C15H14BrClFNO/c16-10-4-1-3-9(7-10)12(8-19)15(20)11-5-2-6-13(17)14(11)18/h1-7,12,15,20H,8,19H2. The minimum Gasteiger partial charge on any atom is -0.388 e. The van der Waals surface area contributed by atoms with E-state index in [1.807, 2.05) is 24.3 Å². The molecule has 2 nitrogen and oxygen atoms in total. The minimum absolute atomic E-state index is 0.00781. The maximum absolute atomic E-state index is 14.0. The van der Waals surface area contributed by atoms with E-state index in [9.17, 15) is 9.50 Å².